The predicted molar refractivity (Wildman–Crippen MR) is 80.6 cm³/mol. The van der Waals surface area contributed by atoms with Crippen molar-refractivity contribution in [2.75, 3.05) is 19.3 Å². The molecule has 0 radical (unpaired) electrons. The van der Waals surface area contributed by atoms with E-state index in [0.29, 0.717) is 12.6 Å². The molecule has 0 bridgehead atoms. The Bertz CT molecular complexity index is 417. The van der Waals surface area contributed by atoms with Gasteiger partial charge in [0.25, 0.3) is 5.91 Å². The van der Waals surface area contributed by atoms with E-state index in [1.54, 1.807) is 11.8 Å². The molecule has 1 atom stereocenters. The number of thioether (sulfide) groups is 1. The highest BCUT2D eigenvalue weighted by Crippen LogP contribution is 2.22. The van der Waals surface area contributed by atoms with Crippen LogP contribution in [0, 0.1) is 0 Å². The number of rotatable bonds is 4. The van der Waals surface area contributed by atoms with E-state index in [0.717, 1.165) is 31.4 Å². The van der Waals surface area contributed by atoms with E-state index in [1.165, 1.54) is 11.3 Å². The second-order valence-electron chi connectivity index (χ2n) is 4.95. The molecule has 1 heterocycles. The van der Waals surface area contributed by atoms with Gasteiger partial charge in [0.1, 0.15) is 0 Å². The van der Waals surface area contributed by atoms with Crippen LogP contribution in [-0.4, -0.2) is 36.2 Å². The van der Waals surface area contributed by atoms with Gasteiger partial charge in [0.15, 0.2) is 0 Å². The fourth-order valence-electron chi connectivity index (χ4n) is 2.66. The van der Waals surface area contributed by atoms with Crippen LogP contribution in [0.4, 0.5) is 0 Å². The number of likely N-dealkylation sites (tertiary alicyclic amines) is 1. The summed E-state index contributed by atoms with van der Waals surface area (Å²) in [6.45, 7) is 1.52. The topological polar surface area (TPSA) is 46.3 Å². The Balaban J connectivity index is 2.11. The van der Waals surface area contributed by atoms with Crippen molar-refractivity contribution in [2.24, 2.45) is 5.73 Å². The number of carbonyl (C=O) groups excluding carboxylic acids is 1. The van der Waals surface area contributed by atoms with Crippen molar-refractivity contribution in [1.29, 1.82) is 0 Å². The molecule has 0 aliphatic carbocycles. The van der Waals surface area contributed by atoms with Crippen molar-refractivity contribution < 1.29 is 4.79 Å². The van der Waals surface area contributed by atoms with Crippen molar-refractivity contribution in [2.45, 2.75) is 36.6 Å². The Morgan fingerprint density at radius 1 is 1.37 bits per heavy atom. The summed E-state index contributed by atoms with van der Waals surface area (Å²) in [5, 5.41) is 0. The minimum Gasteiger partial charge on any atom is -0.336 e. The molecule has 1 aliphatic rings. The van der Waals surface area contributed by atoms with Crippen LogP contribution in [0.3, 0.4) is 0 Å². The minimum absolute atomic E-state index is 0.158. The normalized spacial score (nSPS) is 19.5. The summed E-state index contributed by atoms with van der Waals surface area (Å²) in [7, 11) is 0. The smallest absolute Gasteiger partial charge is 0.254 e. The second kappa shape index (κ2) is 6.96. The van der Waals surface area contributed by atoms with Crippen LogP contribution in [0.15, 0.2) is 29.2 Å². The summed E-state index contributed by atoms with van der Waals surface area (Å²) in [5.74, 6) is 0.158. The summed E-state index contributed by atoms with van der Waals surface area (Å²) >= 11 is 1.69. The van der Waals surface area contributed by atoms with Gasteiger partial charge in [-0.2, -0.15) is 0 Å². The van der Waals surface area contributed by atoms with Crippen LogP contribution < -0.4 is 5.73 Å². The predicted octanol–water partition coefficient (Wildman–Crippen LogP) is 2.75. The molecule has 0 aromatic heterocycles. The van der Waals surface area contributed by atoms with Gasteiger partial charge in [-0.25, -0.2) is 0 Å². The van der Waals surface area contributed by atoms with E-state index in [4.69, 9.17) is 5.73 Å². The fourth-order valence-corrected chi connectivity index (χ4v) is 3.07. The van der Waals surface area contributed by atoms with Gasteiger partial charge in [0.05, 0.1) is 0 Å². The van der Waals surface area contributed by atoms with E-state index in [-0.39, 0.29) is 5.91 Å². The molecule has 3 nitrogen and oxygen atoms in total. The zero-order chi connectivity index (χ0) is 13.7. The maximum atomic E-state index is 12.6. The van der Waals surface area contributed by atoms with Gasteiger partial charge in [-0.05, 0) is 62.7 Å². The fraction of sp³-hybridized carbons (Fsp3) is 0.533. The van der Waals surface area contributed by atoms with Gasteiger partial charge in [-0.1, -0.05) is 0 Å². The minimum atomic E-state index is 0.158. The Kier molecular flexibility index (Phi) is 5.28. The number of nitrogens with zero attached hydrogens (tertiary/aromatic N) is 1. The van der Waals surface area contributed by atoms with Crippen molar-refractivity contribution in [3.63, 3.8) is 0 Å². The average Bonchev–Trinajstić information content (AvgIpc) is 2.47. The molecule has 1 saturated heterocycles. The molecule has 1 fully saturated rings. The Hall–Kier alpha value is -1.00. The van der Waals surface area contributed by atoms with Gasteiger partial charge in [-0.15, -0.1) is 11.8 Å². The molecule has 1 unspecified atom stereocenters. The molecule has 2 rings (SSSR count). The van der Waals surface area contributed by atoms with Crippen LogP contribution >= 0.6 is 11.8 Å². The zero-order valence-corrected chi connectivity index (χ0v) is 12.3. The summed E-state index contributed by atoms with van der Waals surface area (Å²) in [5.41, 5.74) is 6.45. The molecule has 1 aromatic carbocycles. The Labute approximate surface area is 119 Å². The van der Waals surface area contributed by atoms with Gasteiger partial charge in [-0.3, -0.25) is 4.79 Å². The maximum Gasteiger partial charge on any atom is 0.254 e. The number of carbonyl (C=O) groups is 1. The zero-order valence-electron chi connectivity index (χ0n) is 11.5. The molecule has 1 amide bonds. The number of benzene rings is 1. The first-order valence-electron chi connectivity index (χ1n) is 6.91. The van der Waals surface area contributed by atoms with E-state index < -0.39 is 0 Å². The van der Waals surface area contributed by atoms with E-state index in [1.807, 2.05) is 35.4 Å². The van der Waals surface area contributed by atoms with E-state index in [2.05, 4.69) is 0 Å². The first-order chi connectivity index (χ1) is 9.26. The standard InChI is InChI=1S/C15H22N2OS/c1-19-14-7-5-12(6-8-14)15(18)17-11-3-2-4-13(17)9-10-16/h5-8,13H,2-4,9-11,16H2,1H3. The van der Waals surface area contributed by atoms with Crippen LogP contribution in [0.25, 0.3) is 0 Å². The van der Waals surface area contributed by atoms with Gasteiger partial charge < -0.3 is 10.6 Å². The van der Waals surface area contributed by atoms with Crippen LogP contribution in [-0.2, 0) is 0 Å². The molecule has 4 heteroatoms. The summed E-state index contributed by atoms with van der Waals surface area (Å²) in [4.78, 5) is 15.8. The first-order valence-corrected chi connectivity index (χ1v) is 8.14. The maximum absolute atomic E-state index is 12.6. The molecule has 19 heavy (non-hydrogen) atoms. The summed E-state index contributed by atoms with van der Waals surface area (Å²) in [6, 6.07) is 8.22. The largest absolute Gasteiger partial charge is 0.336 e. The van der Waals surface area contributed by atoms with Crippen LogP contribution in [0.5, 0.6) is 0 Å². The summed E-state index contributed by atoms with van der Waals surface area (Å²) in [6.07, 6.45) is 6.36. The lowest BCUT2D eigenvalue weighted by atomic mass is 9.98. The highest BCUT2D eigenvalue weighted by molar-refractivity contribution is 7.98. The number of hydrogen-bond acceptors (Lipinski definition) is 3. The lowest BCUT2D eigenvalue weighted by Gasteiger charge is -2.35. The third kappa shape index (κ3) is 3.51. The number of nitrogens with two attached hydrogens (primary N) is 1. The van der Waals surface area contributed by atoms with Gasteiger partial charge in [0.2, 0.25) is 0 Å². The molecule has 0 spiro atoms. The van der Waals surface area contributed by atoms with E-state index >= 15 is 0 Å². The molecule has 2 N–H and O–H groups in total. The highest BCUT2D eigenvalue weighted by Gasteiger charge is 2.26. The van der Waals surface area contributed by atoms with Gasteiger partial charge in [0, 0.05) is 23.0 Å². The van der Waals surface area contributed by atoms with Gasteiger partial charge >= 0.3 is 0 Å². The van der Waals surface area contributed by atoms with Crippen molar-refractivity contribution >= 4 is 17.7 Å². The first kappa shape index (κ1) is 14.4. The Morgan fingerprint density at radius 3 is 2.74 bits per heavy atom. The molecular weight excluding hydrogens is 256 g/mol. The number of hydrogen-bond donors (Lipinski definition) is 1. The number of amides is 1. The molecule has 104 valence electrons. The van der Waals surface area contributed by atoms with Crippen LogP contribution in [0.2, 0.25) is 0 Å². The lowest BCUT2D eigenvalue weighted by Crippen LogP contribution is -2.44. The molecule has 1 aromatic rings. The monoisotopic (exact) mass is 278 g/mol. The lowest BCUT2D eigenvalue weighted by molar-refractivity contribution is 0.0605. The summed E-state index contributed by atoms with van der Waals surface area (Å²) < 4.78 is 0. The Morgan fingerprint density at radius 2 is 2.11 bits per heavy atom. The SMILES string of the molecule is CSc1ccc(C(=O)N2CCCCC2CCN)cc1. The average molecular weight is 278 g/mol. The second-order valence-corrected chi connectivity index (χ2v) is 5.83. The van der Waals surface area contributed by atoms with Crippen molar-refractivity contribution in [3.05, 3.63) is 29.8 Å². The quantitative estimate of drug-likeness (QED) is 0.861. The van der Waals surface area contributed by atoms with E-state index in [9.17, 15) is 4.79 Å². The molecule has 1 aliphatic heterocycles. The molecular formula is C15H22N2OS. The molecule has 0 saturated carbocycles. The van der Waals surface area contributed by atoms with Crippen LogP contribution in [0.1, 0.15) is 36.0 Å². The van der Waals surface area contributed by atoms with Crippen molar-refractivity contribution in [3.8, 4) is 0 Å². The third-order valence-corrected chi connectivity index (χ3v) is 4.47. The number of piperidine rings is 1. The highest BCUT2D eigenvalue weighted by atomic mass is 32.2. The third-order valence-electron chi connectivity index (χ3n) is 3.72. The van der Waals surface area contributed by atoms with Crippen molar-refractivity contribution in [1.82, 2.24) is 4.90 Å².